The fourth-order valence-corrected chi connectivity index (χ4v) is 4.78. The molecule has 194 valence electrons. The second kappa shape index (κ2) is 11.3. The molecule has 0 saturated heterocycles. The van der Waals surface area contributed by atoms with Crippen LogP contribution in [0.4, 0.5) is 5.69 Å². The second-order valence-electron chi connectivity index (χ2n) is 8.69. The maximum absolute atomic E-state index is 12.6. The summed E-state index contributed by atoms with van der Waals surface area (Å²) in [7, 11) is -3.86. The monoisotopic (exact) mass is 530 g/mol. The van der Waals surface area contributed by atoms with Gasteiger partial charge in [-0.15, -0.1) is 0 Å². The third kappa shape index (κ3) is 6.43. The molecule has 9 heteroatoms. The maximum Gasteiger partial charge on any atom is 0.407 e. The van der Waals surface area contributed by atoms with E-state index < -0.39 is 10.3 Å². The van der Waals surface area contributed by atoms with Gasteiger partial charge in [0.2, 0.25) is 0 Å². The first-order chi connectivity index (χ1) is 18.4. The van der Waals surface area contributed by atoms with Gasteiger partial charge in [-0.1, -0.05) is 66.7 Å². The van der Waals surface area contributed by atoms with Gasteiger partial charge in [-0.25, -0.2) is 4.72 Å². The molecule has 1 aliphatic rings. The van der Waals surface area contributed by atoms with Crippen LogP contribution in [0.15, 0.2) is 97.1 Å². The van der Waals surface area contributed by atoms with Gasteiger partial charge < -0.3 is 19.0 Å². The minimum absolute atomic E-state index is 0.101. The predicted molar refractivity (Wildman–Crippen MR) is 144 cm³/mol. The molecule has 1 heterocycles. The Balaban J connectivity index is 1.23. The summed E-state index contributed by atoms with van der Waals surface area (Å²) < 4.78 is 42.4. The van der Waals surface area contributed by atoms with E-state index in [1.807, 2.05) is 78.9 Å². The Hall–Kier alpha value is -4.50. The summed E-state index contributed by atoms with van der Waals surface area (Å²) in [6, 6.07) is 30.0. The van der Waals surface area contributed by atoms with Gasteiger partial charge in [0.1, 0.15) is 13.2 Å². The summed E-state index contributed by atoms with van der Waals surface area (Å²) in [5, 5.41) is 2.86. The van der Waals surface area contributed by atoms with Gasteiger partial charge in [-0.05, 0) is 53.4 Å². The van der Waals surface area contributed by atoms with E-state index in [0.29, 0.717) is 48.9 Å². The third-order valence-electron chi connectivity index (χ3n) is 5.86. The highest BCUT2D eigenvalue weighted by atomic mass is 32.2. The van der Waals surface area contributed by atoms with Gasteiger partial charge in [0.25, 0.3) is 5.91 Å². The second-order valence-corrected chi connectivity index (χ2v) is 9.97. The lowest BCUT2D eigenvalue weighted by Crippen LogP contribution is -2.25. The van der Waals surface area contributed by atoms with Crippen LogP contribution in [0.2, 0.25) is 0 Å². The number of ether oxygens (including phenoxy) is 2. The lowest BCUT2D eigenvalue weighted by Gasteiger charge is -2.15. The fraction of sp³-hybridized carbons (Fsp3) is 0.138. The molecule has 0 bridgehead atoms. The Morgan fingerprint density at radius 1 is 0.763 bits per heavy atom. The SMILES string of the molecule is O=C(NCCc1ccc(OCc2ccccc2)c(OCc2ccccc2)c1)c1ccc2c(c1)OS(=O)(=O)N2. The zero-order valence-corrected chi connectivity index (χ0v) is 21.2. The number of amides is 1. The first-order valence-electron chi connectivity index (χ1n) is 12.1. The topological polar surface area (TPSA) is 103 Å². The van der Waals surface area contributed by atoms with Crippen LogP contribution in [0.25, 0.3) is 0 Å². The molecule has 1 amide bonds. The van der Waals surface area contributed by atoms with E-state index >= 15 is 0 Å². The first kappa shape index (κ1) is 25.2. The van der Waals surface area contributed by atoms with Gasteiger partial charge in [0, 0.05) is 12.1 Å². The summed E-state index contributed by atoms with van der Waals surface area (Å²) in [6.07, 6.45) is 0.559. The van der Waals surface area contributed by atoms with E-state index in [9.17, 15) is 13.2 Å². The smallest absolute Gasteiger partial charge is 0.407 e. The number of anilines is 1. The summed E-state index contributed by atoms with van der Waals surface area (Å²) in [4.78, 5) is 12.6. The van der Waals surface area contributed by atoms with Crippen LogP contribution < -0.4 is 23.7 Å². The standard InChI is InChI=1S/C29H26N2O6S/c32-29(24-12-13-25-27(18-24)37-38(33,34)31-25)30-16-15-21-11-14-26(35-19-22-7-3-1-4-8-22)28(17-21)36-20-23-9-5-2-6-10-23/h1-14,17-18,31H,15-16,19-20H2,(H,30,32). The lowest BCUT2D eigenvalue weighted by atomic mass is 10.1. The van der Waals surface area contributed by atoms with E-state index in [-0.39, 0.29) is 11.7 Å². The molecule has 0 aliphatic carbocycles. The van der Waals surface area contributed by atoms with Crippen molar-refractivity contribution in [1.29, 1.82) is 0 Å². The molecule has 1 aliphatic heterocycles. The van der Waals surface area contributed by atoms with Crippen molar-refractivity contribution >= 4 is 21.9 Å². The van der Waals surface area contributed by atoms with Crippen molar-refractivity contribution in [3.05, 3.63) is 119 Å². The molecule has 0 radical (unpaired) electrons. The van der Waals surface area contributed by atoms with Crippen molar-refractivity contribution in [1.82, 2.24) is 5.32 Å². The summed E-state index contributed by atoms with van der Waals surface area (Å²) >= 11 is 0. The number of hydrogen-bond donors (Lipinski definition) is 2. The van der Waals surface area contributed by atoms with Crippen LogP contribution in [0, 0.1) is 0 Å². The molecule has 2 N–H and O–H groups in total. The van der Waals surface area contributed by atoms with Crippen LogP contribution in [0.1, 0.15) is 27.0 Å². The van der Waals surface area contributed by atoms with Gasteiger partial charge in [-0.2, -0.15) is 8.42 Å². The molecule has 0 fully saturated rings. The lowest BCUT2D eigenvalue weighted by molar-refractivity contribution is 0.0954. The minimum atomic E-state index is -3.86. The molecule has 0 saturated carbocycles. The molecule has 4 aromatic rings. The number of hydrogen-bond acceptors (Lipinski definition) is 6. The average Bonchev–Trinajstić information content (AvgIpc) is 3.25. The fourth-order valence-electron chi connectivity index (χ4n) is 3.92. The van der Waals surface area contributed by atoms with Crippen molar-refractivity contribution in [2.45, 2.75) is 19.6 Å². The zero-order valence-electron chi connectivity index (χ0n) is 20.4. The summed E-state index contributed by atoms with van der Waals surface area (Å²) in [5.74, 6) is 1.03. The van der Waals surface area contributed by atoms with Gasteiger partial charge >= 0.3 is 10.3 Å². The molecule has 4 aromatic carbocycles. The Labute approximate surface area is 221 Å². The van der Waals surface area contributed by atoms with E-state index in [2.05, 4.69) is 10.0 Å². The Morgan fingerprint density at radius 3 is 2.11 bits per heavy atom. The molecular weight excluding hydrogens is 504 g/mol. The number of benzene rings is 4. The minimum Gasteiger partial charge on any atom is -0.485 e. The normalized spacial score (nSPS) is 13.1. The third-order valence-corrected chi connectivity index (χ3v) is 6.73. The number of carbonyl (C=O) groups excluding carboxylic acids is 1. The molecule has 38 heavy (non-hydrogen) atoms. The van der Waals surface area contributed by atoms with Crippen LogP contribution >= 0.6 is 0 Å². The van der Waals surface area contributed by atoms with Crippen LogP contribution in [-0.4, -0.2) is 20.9 Å². The Bertz CT molecular complexity index is 1530. The van der Waals surface area contributed by atoms with Crippen LogP contribution in [0.5, 0.6) is 17.2 Å². The number of nitrogens with one attached hydrogen (secondary N) is 2. The molecule has 8 nitrogen and oxygen atoms in total. The molecule has 0 atom stereocenters. The highest BCUT2D eigenvalue weighted by Crippen LogP contribution is 2.33. The van der Waals surface area contributed by atoms with E-state index in [1.165, 1.54) is 12.1 Å². The number of carbonyl (C=O) groups is 1. The highest BCUT2D eigenvalue weighted by Gasteiger charge is 2.26. The Morgan fingerprint density at radius 2 is 1.42 bits per heavy atom. The van der Waals surface area contributed by atoms with E-state index in [4.69, 9.17) is 13.7 Å². The quantitative estimate of drug-likeness (QED) is 0.303. The van der Waals surface area contributed by atoms with Crippen LogP contribution in [-0.2, 0) is 29.9 Å². The van der Waals surface area contributed by atoms with E-state index in [1.54, 1.807) is 6.07 Å². The zero-order chi connectivity index (χ0) is 26.4. The predicted octanol–water partition coefficient (Wildman–Crippen LogP) is 4.87. The van der Waals surface area contributed by atoms with Crippen molar-refractivity contribution in [3.8, 4) is 17.2 Å². The summed E-state index contributed by atoms with van der Waals surface area (Å²) in [6.45, 7) is 1.18. The maximum atomic E-state index is 12.6. The van der Waals surface area contributed by atoms with Gasteiger partial charge in [0.15, 0.2) is 17.2 Å². The molecule has 0 aromatic heterocycles. The largest absolute Gasteiger partial charge is 0.485 e. The molecule has 0 spiro atoms. The van der Waals surface area contributed by atoms with Crippen molar-refractivity contribution < 1.29 is 26.9 Å². The molecule has 5 rings (SSSR count). The molecule has 0 unspecified atom stereocenters. The van der Waals surface area contributed by atoms with Crippen molar-refractivity contribution in [3.63, 3.8) is 0 Å². The first-order valence-corrected chi connectivity index (χ1v) is 13.5. The Kier molecular flexibility index (Phi) is 7.46. The van der Waals surface area contributed by atoms with Gasteiger partial charge in [0.05, 0.1) is 5.69 Å². The summed E-state index contributed by atoms with van der Waals surface area (Å²) in [5.41, 5.74) is 3.67. The molecular formula is C29H26N2O6S. The van der Waals surface area contributed by atoms with Crippen molar-refractivity contribution in [2.75, 3.05) is 11.3 Å². The van der Waals surface area contributed by atoms with Crippen LogP contribution in [0.3, 0.4) is 0 Å². The van der Waals surface area contributed by atoms with Crippen molar-refractivity contribution in [2.24, 2.45) is 0 Å². The van der Waals surface area contributed by atoms with Gasteiger partial charge in [-0.3, -0.25) is 4.79 Å². The number of fused-ring (bicyclic) bond motifs is 1. The average molecular weight is 531 g/mol. The highest BCUT2D eigenvalue weighted by molar-refractivity contribution is 7.88. The van der Waals surface area contributed by atoms with E-state index in [0.717, 1.165) is 16.7 Å². The number of rotatable bonds is 10.